The number of imidazole rings is 1. The van der Waals surface area contributed by atoms with Crippen LogP contribution in [0, 0.1) is 0 Å². The number of hydrogen-bond donors (Lipinski definition) is 1. The molecular weight excluding hydrogens is 443 g/mol. The van der Waals surface area contributed by atoms with E-state index in [1.54, 1.807) is 0 Å². The van der Waals surface area contributed by atoms with E-state index in [9.17, 15) is 18.0 Å². The maximum Gasteiger partial charge on any atom is 0.573 e. The first-order valence-electron chi connectivity index (χ1n) is 9.65. The maximum absolute atomic E-state index is 12.4. The minimum atomic E-state index is -4.76. The van der Waals surface area contributed by atoms with Gasteiger partial charge in [0.1, 0.15) is 11.5 Å². The van der Waals surface area contributed by atoms with Gasteiger partial charge in [-0.1, -0.05) is 0 Å². The van der Waals surface area contributed by atoms with Gasteiger partial charge in [0.05, 0.1) is 18.7 Å². The Balaban J connectivity index is 1.43. The van der Waals surface area contributed by atoms with Gasteiger partial charge in [0.15, 0.2) is 4.96 Å². The molecule has 1 amide bonds. The summed E-state index contributed by atoms with van der Waals surface area (Å²) < 4.78 is 47.9. The Hall–Kier alpha value is -3.53. The third-order valence-electron chi connectivity index (χ3n) is 4.46. The Morgan fingerprint density at radius 2 is 1.78 bits per heavy atom. The van der Waals surface area contributed by atoms with Gasteiger partial charge in [0.25, 0.3) is 0 Å². The molecule has 6 nitrogen and oxygen atoms in total. The molecule has 0 bridgehead atoms. The highest BCUT2D eigenvalue weighted by molar-refractivity contribution is 7.15. The zero-order valence-corrected chi connectivity index (χ0v) is 17.7. The van der Waals surface area contributed by atoms with Crippen LogP contribution in [0.1, 0.15) is 12.6 Å². The van der Waals surface area contributed by atoms with Crippen molar-refractivity contribution in [3.63, 3.8) is 0 Å². The van der Waals surface area contributed by atoms with Gasteiger partial charge in [-0.25, -0.2) is 4.98 Å². The molecule has 0 spiro atoms. The number of rotatable bonds is 7. The molecule has 2 heterocycles. The second-order valence-electron chi connectivity index (χ2n) is 6.76. The number of amides is 1. The molecule has 0 atom stereocenters. The maximum atomic E-state index is 12.4. The number of benzene rings is 2. The second-order valence-corrected chi connectivity index (χ2v) is 7.60. The van der Waals surface area contributed by atoms with E-state index in [1.807, 2.05) is 47.2 Å². The first-order chi connectivity index (χ1) is 15.3. The van der Waals surface area contributed by atoms with Gasteiger partial charge >= 0.3 is 6.36 Å². The first kappa shape index (κ1) is 21.7. The van der Waals surface area contributed by atoms with Crippen LogP contribution in [0.2, 0.25) is 0 Å². The minimum Gasteiger partial charge on any atom is -0.494 e. The van der Waals surface area contributed by atoms with Gasteiger partial charge in [-0.2, -0.15) is 0 Å². The van der Waals surface area contributed by atoms with Crippen LogP contribution < -0.4 is 14.8 Å². The van der Waals surface area contributed by atoms with Gasteiger partial charge in [-0.05, 0) is 55.5 Å². The molecule has 0 unspecified atom stereocenters. The normalized spacial score (nSPS) is 11.5. The summed E-state index contributed by atoms with van der Waals surface area (Å²) in [6, 6.07) is 12.6. The van der Waals surface area contributed by atoms with Crippen LogP contribution in [0.25, 0.3) is 16.2 Å². The van der Waals surface area contributed by atoms with Crippen LogP contribution >= 0.6 is 11.3 Å². The zero-order chi connectivity index (χ0) is 22.7. The highest BCUT2D eigenvalue weighted by Crippen LogP contribution is 2.26. The van der Waals surface area contributed by atoms with Crippen molar-refractivity contribution >= 4 is 27.9 Å². The molecule has 4 rings (SSSR count). The topological polar surface area (TPSA) is 64.9 Å². The summed E-state index contributed by atoms with van der Waals surface area (Å²) in [7, 11) is 0. The highest BCUT2D eigenvalue weighted by Gasteiger charge is 2.31. The lowest BCUT2D eigenvalue weighted by Crippen LogP contribution is -2.17. The second kappa shape index (κ2) is 8.91. The fourth-order valence-corrected chi connectivity index (χ4v) is 3.97. The quantitative estimate of drug-likeness (QED) is 0.392. The number of nitrogens with one attached hydrogen (secondary N) is 1. The van der Waals surface area contributed by atoms with Crippen LogP contribution in [0.15, 0.2) is 60.1 Å². The fraction of sp³-hybridized carbons (Fsp3) is 0.182. The van der Waals surface area contributed by atoms with Crippen molar-refractivity contribution < 1.29 is 27.4 Å². The highest BCUT2D eigenvalue weighted by atomic mass is 32.1. The van der Waals surface area contributed by atoms with E-state index in [0.717, 1.165) is 39.8 Å². The molecule has 2 aromatic heterocycles. The molecule has 2 aromatic carbocycles. The Kier molecular flexibility index (Phi) is 6.04. The number of nitrogens with zero attached hydrogens (tertiary/aromatic N) is 2. The summed E-state index contributed by atoms with van der Waals surface area (Å²) in [6.07, 6.45) is -2.81. The van der Waals surface area contributed by atoms with Crippen molar-refractivity contribution in [1.29, 1.82) is 0 Å². The Bertz CT molecular complexity index is 1220. The average molecular weight is 461 g/mol. The summed E-state index contributed by atoms with van der Waals surface area (Å²) in [5, 5.41) is 4.52. The molecular formula is C22H18F3N3O3S. The van der Waals surface area contributed by atoms with E-state index in [0.29, 0.717) is 12.3 Å². The van der Waals surface area contributed by atoms with E-state index in [2.05, 4.69) is 15.0 Å². The molecule has 32 heavy (non-hydrogen) atoms. The number of alkyl halides is 3. The molecule has 0 radical (unpaired) electrons. The number of anilines is 1. The monoisotopic (exact) mass is 461 g/mol. The van der Waals surface area contributed by atoms with Crippen LogP contribution in [0.4, 0.5) is 18.9 Å². The van der Waals surface area contributed by atoms with Gasteiger partial charge in [-0.15, -0.1) is 24.5 Å². The largest absolute Gasteiger partial charge is 0.573 e. The van der Waals surface area contributed by atoms with Crippen molar-refractivity contribution in [2.45, 2.75) is 19.7 Å². The predicted molar refractivity (Wildman–Crippen MR) is 115 cm³/mol. The lowest BCUT2D eigenvalue weighted by molar-refractivity contribution is -0.274. The Morgan fingerprint density at radius 3 is 2.44 bits per heavy atom. The van der Waals surface area contributed by atoms with Crippen molar-refractivity contribution in [2.24, 2.45) is 0 Å². The van der Waals surface area contributed by atoms with E-state index < -0.39 is 6.36 Å². The number of aromatic nitrogens is 2. The van der Waals surface area contributed by atoms with Crippen molar-refractivity contribution in [3.05, 3.63) is 65.8 Å². The third-order valence-corrected chi connectivity index (χ3v) is 5.35. The van der Waals surface area contributed by atoms with Crippen LogP contribution in [0.3, 0.4) is 0 Å². The SMILES string of the molecule is CCOc1ccc(-c2cn3c(CC(=O)Nc4ccc(OC(F)(F)F)cc4)csc3n2)cc1. The molecule has 0 fully saturated rings. The summed E-state index contributed by atoms with van der Waals surface area (Å²) in [6.45, 7) is 2.52. The van der Waals surface area contributed by atoms with Gasteiger partial charge in [0, 0.05) is 28.5 Å². The lowest BCUT2D eigenvalue weighted by Gasteiger charge is -2.10. The number of carbonyl (C=O) groups excluding carboxylic acids is 1. The predicted octanol–water partition coefficient (Wildman–Crippen LogP) is 5.54. The number of fused-ring (bicyclic) bond motifs is 1. The number of thiazole rings is 1. The molecule has 0 aliphatic carbocycles. The molecule has 10 heteroatoms. The van der Waals surface area contributed by atoms with Crippen LogP contribution in [-0.2, 0) is 11.2 Å². The Labute approximate surface area is 185 Å². The summed E-state index contributed by atoms with van der Waals surface area (Å²) in [5.41, 5.74) is 2.84. The standard InChI is InChI=1S/C22H18F3N3O3S/c1-2-30-17-7-3-14(4-8-17)19-12-28-16(13-32-21(28)27-19)11-20(29)26-15-5-9-18(10-6-15)31-22(23,24)25/h3-10,12-13H,2,11H2,1H3,(H,26,29). The molecule has 0 saturated heterocycles. The number of halogens is 3. The number of carbonyl (C=O) groups is 1. The van der Waals surface area contributed by atoms with E-state index in [-0.39, 0.29) is 18.1 Å². The zero-order valence-electron chi connectivity index (χ0n) is 16.8. The molecule has 0 aliphatic heterocycles. The number of ether oxygens (including phenoxy) is 2. The van der Waals surface area contributed by atoms with E-state index in [1.165, 1.54) is 23.5 Å². The third kappa shape index (κ3) is 5.20. The summed E-state index contributed by atoms with van der Waals surface area (Å²) in [4.78, 5) is 17.8. The van der Waals surface area contributed by atoms with Gasteiger partial charge < -0.3 is 14.8 Å². The van der Waals surface area contributed by atoms with E-state index in [4.69, 9.17) is 4.74 Å². The van der Waals surface area contributed by atoms with Gasteiger partial charge in [0.2, 0.25) is 5.91 Å². The lowest BCUT2D eigenvalue weighted by atomic mass is 10.1. The molecule has 166 valence electrons. The molecule has 4 aromatic rings. The number of hydrogen-bond acceptors (Lipinski definition) is 5. The molecule has 0 aliphatic rings. The van der Waals surface area contributed by atoms with E-state index >= 15 is 0 Å². The average Bonchev–Trinajstić information content (AvgIpc) is 3.31. The van der Waals surface area contributed by atoms with Gasteiger partial charge in [-0.3, -0.25) is 9.20 Å². The van der Waals surface area contributed by atoms with Crippen molar-refractivity contribution in [1.82, 2.24) is 9.38 Å². The summed E-state index contributed by atoms with van der Waals surface area (Å²) >= 11 is 1.42. The van der Waals surface area contributed by atoms with Crippen molar-refractivity contribution in [3.8, 4) is 22.8 Å². The van der Waals surface area contributed by atoms with Crippen molar-refractivity contribution in [2.75, 3.05) is 11.9 Å². The first-order valence-corrected chi connectivity index (χ1v) is 10.5. The smallest absolute Gasteiger partial charge is 0.494 e. The minimum absolute atomic E-state index is 0.0832. The van der Waals surface area contributed by atoms with Crippen LogP contribution in [-0.4, -0.2) is 28.3 Å². The molecule has 0 saturated carbocycles. The van der Waals surface area contributed by atoms with Crippen LogP contribution in [0.5, 0.6) is 11.5 Å². The molecule has 1 N–H and O–H groups in total. The Morgan fingerprint density at radius 1 is 1.09 bits per heavy atom. The fourth-order valence-electron chi connectivity index (χ4n) is 3.09. The summed E-state index contributed by atoms with van der Waals surface area (Å²) in [5.74, 6) is 0.133.